The number of amides is 1. The molecule has 0 saturated carbocycles. The van der Waals surface area contributed by atoms with Crippen LogP contribution in [0.15, 0.2) is 77.8 Å². The van der Waals surface area contributed by atoms with Gasteiger partial charge < -0.3 is 10.2 Å². The van der Waals surface area contributed by atoms with E-state index in [4.69, 9.17) is 42.5 Å². The highest BCUT2D eigenvalue weighted by atomic mass is 32.1. The Bertz CT molecular complexity index is 2370. The first-order chi connectivity index (χ1) is 25.5. The average molecular weight is 756 g/mol. The smallest absolute Gasteiger partial charge is 0.299 e. The lowest BCUT2D eigenvalue weighted by molar-refractivity contribution is -0.120. The number of halogens is 2. The second-order valence-electron chi connectivity index (χ2n) is 12.5. The van der Waals surface area contributed by atoms with Crippen LogP contribution < -0.4 is 15.1 Å². The Morgan fingerprint density at radius 3 is 1.81 bits per heavy atom. The quantitative estimate of drug-likeness (QED) is 0.123. The van der Waals surface area contributed by atoms with Crippen LogP contribution in [0.1, 0.15) is 49.9 Å². The van der Waals surface area contributed by atoms with E-state index in [1.165, 1.54) is 43.0 Å². The number of benzene rings is 4. The van der Waals surface area contributed by atoms with Crippen molar-refractivity contribution in [2.75, 3.05) is 15.1 Å². The van der Waals surface area contributed by atoms with Gasteiger partial charge >= 0.3 is 0 Å². The Kier molecular flexibility index (Phi) is 13.5. The van der Waals surface area contributed by atoms with E-state index in [0.717, 1.165) is 5.69 Å². The number of aliphatic imine (C=N–C) groups is 1. The minimum Gasteiger partial charge on any atom is -0.315 e. The molecule has 1 saturated heterocycles. The van der Waals surface area contributed by atoms with Gasteiger partial charge in [0.15, 0.2) is 16.5 Å². The molecule has 10 nitrogen and oxygen atoms in total. The van der Waals surface area contributed by atoms with E-state index in [0.29, 0.717) is 28.1 Å². The molecule has 1 aliphatic heterocycles. The normalized spacial score (nSPS) is 12.5. The average Bonchev–Trinajstić information content (AvgIpc) is 3.34. The van der Waals surface area contributed by atoms with Crippen LogP contribution in [0.5, 0.6) is 0 Å². The fraction of sp³-hybridized carbons (Fsp3) is 0.200. The van der Waals surface area contributed by atoms with Crippen molar-refractivity contribution in [2.45, 2.75) is 52.7 Å². The Morgan fingerprint density at radius 2 is 1.33 bits per heavy atom. The summed E-state index contributed by atoms with van der Waals surface area (Å²) < 4.78 is 28.2. The number of anilines is 3. The summed E-state index contributed by atoms with van der Waals surface area (Å²) in [7, 11) is 0. The molecule has 4 aromatic rings. The Hall–Kier alpha value is -6.85. The van der Waals surface area contributed by atoms with Crippen molar-refractivity contribution in [3.05, 3.63) is 141 Å². The summed E-state index contributed by atoms with van der Waals surface area (Å²) in [5.74, 6) is -1.52. The number of nitriles is 2. The van der Waals surface area contributed by atoms with Gasteiger partial charge in [0.2, 0.25) is 0 Å². The molecule has 4 aromatic carbocycles. The summed E-state index contributed by atoms with van der Waals surface area (Å²) in [6.45, 7) is 30.8. The van der Waals surface area contributed by atoms with E-state index in [-0.39, 0.29) is 33.6 Å². The molecule has 0 radical (unpaired) electrons. The molecule has 1 N–H and O–H groups in total. The maximum Gasteiger partial charge on any atom is 0.299 e. The highest BCUT2D eigenvalue weighted by Crippen LogP contribution is 2.39. The molecule has 1 aliphatic rings. The number of carbonyl (C=O) groups excluding carboxylic acids is 1. The zero-order valence-corrected chi connectivity index (χ0v) is 31.6. The van der Waals surface area contributed by atoms with Crippen LogP contribution in [0.25, 0.3) is 14.5 Å². The summed E-state index contributed by atoms with van der Waals surface area (Å²) >= 11 is 9.87. The van der Waals surface area contributed by atoms with Crippen molar-refractivity contribution in [1.82, 2.24) is 0 Å². The SMILES string of the molecule is [C-]#[N+]C(C)(C)Nc1ccc(C#N)cc1.[C-]#[N+]c1ccc(N2C(=O)C(C)(C)N(c3ccc(C#N)cc3)C2=S)c(F)c1C.[C-]#[N+]c1ccc(N=C=S)c(F)c1C. The lowest BCUT2D eigenvalue weighted by Crippen LogP contribution is -2.44. The van der Waals surface area contributed by atoms with Gasteiger partial charge in [-0.3, -0.25) is 14.5 Å². The molecular weight excluding hydrogens is 725 g/mol. The van der Waals surface area contributed by atoms with Crippen LogP contribution in [0.2, 0.25) is 0 Å². The van der Waals surface area contributed by atoms with Gasteiger partial charge in [-0.2, -0.15) is 15.5 Å². The van der Waals surface area contributed by atoms with Gasteiger partial charge in [-0.05, 0) is 124 Å². The summed E-state index contributed by atoms with van der Waals surface area (Å²) in [5, 5.41) is 22.8. The first-order valence-electron chi connectivity index (χ1n) is 15.8. The van der Waals surface area contributed by atoms with E-state index >= 15 is 0 Å². The second kappa shape index (κ2) is 17.6. The van der Waals surface area contributed by atoms with Gasteiger partial charge in [0.05, 0.1) is 47.3 Å². The molecule has 0 aromatic heterocycles. The van der Waals surface area contributed by atoms with Crippen molar-refractivity contribution in [3.63, 3.8) is 0 Å². The number of nitrogens with zero attached hydrogens (tertiary/aromatic N) is 8. The number of nitrogens with one attached hydrogen (secondary N) is 1. The highest BCUT2D eigenvalue weighted by molar-refractivity contribution is 7.81. The summed E-state index contributed by atoms with van der Waals surface area (Å²) in [5.41, 5.74) is 2.06. The van der Waals surface area contributed by atoms with Gasteiger partial charge in [0, 0.05) is 25.2 Å². The first kappa shape index (κ1) is 41.6. The van der Waals surface area contributed by atoms with Gasteiger partial charge in [-0.15, -0.1) is 0 Å². The number of hydrogen-bond acceptors (Lipinski definition) is 7. The Balaban J connectivity index is 0.000000244. The molecule has 0 bridgehead atoms. The summed E-state index contributed by atoms with van der Waals surface area (Å²) in [6.07, 6.45) is 0. The van der Waals surface area contributed by atoms with Gasteiger partial charge in [-0.1, -0.05) is 12.1 Å². The lowest BCUT2D eigenvalue weighted by atomic mass is 10.0. The third-order valence-corrected chi connectivity index (χ3v) is 8.45. The second-order valence-corrected chi connectivity index (χ2v) is 13.0. The zero-order valence-electron chi connectivity index (χ0n) is 30.0. The molecule has 5 rings (SSSR count). The Morgan fingerprint density at radius 1 is 0.833 bits per heavy atom. The van der Waals surface area contributed by atoms with Crippen LogP contribution in [-0.4, -0.2) is 27.4 Å². The van der Waals surface area contributed by atoms with Crippen molar-refractivity contribution in [1.29, 1.82) is 10.5 Å². The lowest BCUT2D eigenvalue weighted by Gasteiger charge is -2.29. The largest absolute Gasteiger partial charge is 0.315 e. The van der Waals surface area contributed by atoms with Gasteiger partial charge in [-0.25, -0.2) is 25.0 Å². The van der Waals surface area contributed by atoms with Crippen molar-refractivity contribution < 1.29 is 13.6 Å². The van der Waals surface area contributed by atoms with Crippen molar-refractivity contribution in [2.24, 2.45) is 4.99 Å². The zero-order chi connectivity index (χ0) is 40.4. The number of thiocarbonyl (C=S) groups is 2. The highest BCUT2D eigenvalue weighted by Gasteiger charge is 2.51. The van der Waals surface area contributed by atoms with Crippen LogP contribution >= 0.6 is 24.4 Å². The number of rotatable bonds is 5. The predicted octanol–water partition coefficient (Wildman–Crippen LogP) is 10.5. The van der Waals surface area contributed by atoms with E-state index in [1.807, 2.05) is 12.1 Å². The number of hydrogen-bond donors (Lipinski definition) is 1. The van der Waals surface area contributed by atoms with Gasteiger partial charge in [0.25, 0.3) is 11.6 Å². The fourth-order valence-corrected chi connectivity index (χ4v) is 5.62. The topological polar surface area (TPSA) is 109 Å². The molecule has 0 aliphatic carbocycles. The third-order valence-electron chi connectivity index (χ3n) is 7.99. The van der Waals surface area contributed by atoms with Crippen LogP contribution in [-0.2, 0) is 4.79 Å². The number of carbonyl (C=O) groups is 1. The maximum absolute atomic E-state index is 14.9. The molecule has 54 heavy (non-hydrogen) atoms. The van der Waals surface area contributed by atoms with E-state index in [2.05, 4.69) is 42.2 Å². The summed E-state index contributed by atoms with van der Waals surface area (Å²) in [6, 6.07) is 23.6. The van der Waals surface area contributed by atoms with Crippen LogP contribution in [0, 0.1) is 67.9 Å². The monoisotopic (exact) mass is 755 g/mol. The van der Waals surface area contributed by atoms with E-state index < -0.39 is 22.8 Å². The minimum absolute atomic E-state index is 0.0270. The van der Waals surface area contributed by atoms with Crippen molar-refractivity contribution >= 4 is 74.7 Å². The maximum atomic E-state index is 14.9. The Labute approximate surface area is 323 Å². The van der Waals surface area contributed by atoms with Gasteiger partial charge in [0.1, 0.15) is 22.9 Å². The molecule has 268 valence electrons. The third kappa shape index (κ3) is 9.14. The van der Waals surface area contributed by atoms with E-state index in [1.54, 1.807) is 81.1 Å². The minimum atomic E-state index is -1.04. The molecule has 0 atom stereocenters. The van der Waals surface area contributed by atoms with E-state index in [9.17, 15) is 13.6 Å². The summed E-state index contributed by atoms with van der Waals surface area (Å²) in [4.78, 5) is 29.3. The molecule has 14 heteroatoms. The standard InChI is InChI=1S/C20H15FN4OS.C11H11N3.C9H5FN2S/c1-12-15(23-4)9-10-16(17(12)21)24-18(26)20(2,3)25(19(24)27)14-7-5-13(11-22)6-8-14;1-11(2,13-3)14-10-6-4-9(8-12)5-7-10;1-6-7(11-2)3-4-8(9(6)10)12-5-13/h5-10H,1-3H3;4-7,14H,1-2H3;3-4H,1H3. The molecule has 0 unspecified atom stereocenters. The fourth-order valence-electron chi connectivity index (χ4n) is 5.01. The molecular formula is C40H31F2N9OS2. The first-order valence-corrected chi connectivity index (χ1v) is 16.6. The van der Waals surface area contributed by atoms with Crippen LogP contribution in [0.3, 0.4) is 0 Å². The molecule has 1 amide bonds. The molecule has 1 heterocycles. The van der Waals surface area contributed by atoms with Crippen molar-refractivity contribution in [3.8, 4) is 12.1 Å². The molecule has 0 spiro atoms. The predicted molar refractivity (Wildman–Crippen MR) is 213 cm³/mol. The number of isothiocyanates is 1. The molecule has 1 fully saturated rings. The van der Waals surface area contributed by atoms with Crippen LogP contribution in [0.4, 0.5) is 42.9 Å².